The van der Waals surface area contributed by atoms with Crippen LogP contribution in [0.15, 0.2) is 42.5 Å². The minimum absolute atomic E-state index is 0.0313. The number of ether oxygens (including phenoxy) is 2. The number of anilines is 1. The number of halogens is 1. The molecule has 4 aliphatic heterocycles. The highest BCUT2D eigenvalue weighted by atomic mass is 35.5. The summed E-state index contributed by atoms with van der Waals surface area (Å²) in [4.78, 5) is 46.9. The second-order valence-corrected chi connectivity index (χ2v) is 18.9. The van der Waals surface area contributed by atoms with Crippen LogP contribution in [0.3, 0.4) is 0 Å². The molecule has 2 aromatic carbocycles. The fraction of sp³-hybridized carbons (Fsp3) is 0.595. The predicted octanol–water partition coefficient (Wildman–Crippen LogP) is 4.89. The number of carbonyl (C=O) groups is 3. The van der Waals surface area contributed by atoms with E-state index in [1.807, 2.05) is 42.2 Å². The lowest BCUT2D eigenvalue weighted by molar-refractivity contribution is -0.136. The van der Waals surface area contributed by atoms with Crippen LogP contribution in [0.4, 0.5) is 5.69 Å². The number of allylic oxidation sites excluding steroid dienone is 1. The van der Waals surface area contributed by atoms with Crippen LogP contribution in [-0.4, -0.2) is 106 Å². The van der Waals surface area contributed by atoms with Gasteiger partial charge in [-0.05, 0) is 98.8 Å². The number of benzene rings is 2. The standard InChI is InChI=1S/C42H56ClN5O7S/c1-27-8-7-14-42(26-49,54-4)37-13-11-31(37)22-46-16-6-5-9-30-18-34(43)12-10-32(30)25-55-40-36(19-33(20-38(40)46)41(51)45-56(52,53)28(27)2)39-24-47(29(3)50)23-35-21-44-15-17-48(35)39/h7,10,12,14,18-20,26-28,31,35,37,39,44H,5-6,8-9,11,13,15-17,21-25H2,1-4H3,(H,45,51)/b14-7+/t27-,28+,31-,35-,37+,39?,42-/m0/s1. The maximum atomic E-state index is 14.4. The van der Waals surface area contributed by atoms with E-state index in [1.54, 1.807) is 33.1 Å². The molecule has 12 nitrogen and oxygen atoms in total. The van der Waals surface area contributed by atoms with Crippen molar-refractivity contribution in [3.05, 3.63) is 69.8 Å². The normalized spacial score (nSPS) is 31.8. The van der Waals surface area contributed by atoms with Crippen molar-refractivity contribution in [2.75, 3.05) is 57.8 Å². The van der Waals surface area contributed by atoms with Crippen molar-refractivity contribution < 1.29 is 32.3 Å². The van der Waals surface area contributed by atoms with Crippen molar-refractivity contribution in [3.63, 3.8) is 0 Å². The van der Waals surface area contributed by atoms with Crippen LogP contribution in [0, 0.1) is 17.8 Å². The summed E-state index contributed by atoms with van der Waals surface area (Å²) >= 11 is 6.50. The van der Waals surface area contributed by atoms with Crippen molar-refractivity contribution in [2.45, 2.75) is 88.8 Å². The molecule has 2 amide bonds. The zero-order valence-electron chi connectivity index (χ0n) is 33.0. The van der Waals surface area contributed by atoms with E-state index >= 15 is 0 Å². The lowest BCUT2D eigenvalue weighted by atomic mass is 9.64. The summed E-state index contributed by atoms with van der Waals surface area (Å²) < 4.78 is 43.2. The summed E-state index contributed by atoms with van der Waals surface area (Å²) in [5, 5.41) is 3.24. The van der Waals surface area contributed by atoms with Crippen LogP contribution >= 0.6 is 11.6 Å². The molecule has 1 aliphatic carbocycles. The van der Waals surface area contributed by atoms with Gasteiger partial charge in [0, 0.05) is 88.0 Å². The fourth-order valence-electron chi connectivity index (χ4n) is 9.41. The molecule has 0 aromatic heterocycles. The van der Waals surface area contributed by atoms with Gasteiger partial charge in [0.2, 0.25) is 15.9 Å². The van der Waals surface area contributed by atoms with Crippen LogP contribution in [-0.2, 0) is 37.4 Å². The highest BCUT2D eigenvalue weighted by molar-refractivity contribution is 7.90. The number of nitrogens with one attached hydrogen (secondary N) is 2. The van der Waals surface area contributed by atoms with Gasteiger partial charge in [-0.25, -0.2) is 13.1 Å². The Hall–Kier alpha value is -3.49. The number of amides is 2. The molecule has 7 atom stereocenters. The molecular weight excluding hydrogens is 754 g/mol. The third-order valence-corrected chi connectivity index (χ3v) is 15.3. The van der Waals surface area contributed by atoms with Gasteiger partial charge >= 0.3 is 0 Å². The molecular formula is C42H56ClN5O7S. The first-order chi connectivity index (χ1) is 26.8. The van der Waals surface area contributed by atoms with E-state index in [0.29, 0.717) is 55.6 Å². The molecule has 2 aromatic rings. The number of aldehydes is 1. The van der Waals surface area contributed by atoms with Crippen LogP contribution in [0.1, 0.15) is 86.0 Å². The largest absolute Gasteiger partial charge is 0.486 e. The molecule has 3 fully saturated rings. The molecule has 2 bridgehead atoms. The maximum absolute atomic E-state index is 14.4. The number of carbonyl (C=O) groups excluding carboxylic acids is 3. The number of nitrogens with zero attached hydrogens (tertiary/aromatic N) is 3. The van der Waals surface area contributed by atoms with Crippen molar-refractivity contribution in [1.82, 2.24) is 19.8 Å². The number of hydrogen-bond acceptors (Lipinski definition) is 10. The number of fused-ring (bicyclic) bond motifs is 4. The van der Waals surface area contributed by atoms with Crippen LogP contribution in [0.5, 0.6) is 5.75 Å². The quantitative estimate of drug-likeness (QED) is 0.326. The van der Waals surface area contributed by atoms with Crippen molar-refractivity contribution in [3.8, 4) is 5.75 Å². The summed E-state index contributed by atoms with van der Waals surface area (Å²) in [6.07, 6.45) is 9.15. The first-order valence-electron chi connectivity index (χ1n) is 20.1. The van der Waals surface area contributed by atoms with E-state index < -0.39 is 26.8 Å². The van der Waals surface area contributed by atoms with Gasteiger partial charge in [-0.3, -0.25) is 19.3 Å². The van der Waals surface area contributed by atoms with Crippen LogP contribution in [0.25, 0.3) is 0 Å². The van der Waals surface area contributed by atoms with E-state index in [2.05, 4.69) is 19.8 Å². The molecule has 1 unspecified atom stereocenters. The smallest absolute Gasteiger partial charge is 0.264 e. The summed E-state index contributed by atoms with van der Waals surface area (Å²) in [6.45, 7) is 9.62. The predicted molar refractivity (Wildman–Crippen MR) is 217 cm³/mol. The second-order valence-electron chi connectivity index (χ2n) is 16.5. The van der Waals surface area contributed by atoms with E-state index in [9.17, 15) is 22.8 Å². The molecule has 7 rings (SSSR count). The molecule has 4 heterocycles. The van der Waals surface area contributed by atoms with Gasteiger partial charge in [-0.2, -0.15) is 0 Å². The van der Waals surface area contributed by atoms with Gasteiger partial charge in [0.05, 0.1) is 17.0 Å². The lowest BCUT2D eigenvalue weighted by Crippen LogP contribution is -2.62. The third-order valence-electron chi connectivity index (χ3n) is 13.2. The number of hydrogen-bond donors (Lipinski definition) is 2. The Morgan fingerprint density at radius 1 is 1.07 bits per heavy atom. The third kappa shape index (κ3) is 8.12. The SMILES string of the molecule is CO[C@]1(C=O)/C=C/C[C@H](C)[C@@H](C)S(=O)(=O)NC(=O)c2cc(C3CN(C(C)=O)C[C@@H]4CNCCN34)c3c(c2)N(CCCCc2cc(Cl)ccc2CO3)C[C@@H]2CC[C@H]21. The summed E-state index contributed by atoms with van der Waals surface area (Å²) in [6, 6.07) is 9.15. The minimum atomic E-state index is -4.12. The highest BCUT2D eigenvalue weighted by Crippen LogP contribution is 2.47. The fourth-order valence-corrected chi connectivity index (χ4v) is 10.9. The highest BCUT2D eigenvalue weighted by Gasteiger charge is 2.48. The first kappa shape index (κ1) is 40.7. The Morgan fingerprint density at radius 3 is 2.62 bits per heavy atom. The van der Waals surface area contributed by atoms with Gasteiger partial charge in [0.25, 0.3) is 5.91 Å². The van der Waals surface area contributed by atoms with Gasteiger partial charge < -0.3 is 24.6 Å². The molecule has 2 saturated heterocycles. The molecule has 1 saturated carbocycles. The Bertz CT molecular complexity index is 1960. The van der Waals surface area contributed by atoms with Gasteiger partial charge in [0.15, 0.2) is 6.29 Å². The van der Waals surface area contributed by atoms with E-state index in [-0.39, 0.29) is 47.9 Å². The first-order valence-corrected chi connectivity index (χ1v) is 22.1. The summed E-state index contributed by atoms with van der Waals surface area (Å²) in [7, 11) is -2.56. The number of rotatable bonds is 3. The molecule has 0 spiro atoms. The monoisotopic (exact) mass is 809 g/mol. The van der Waals surface area contributed by atoms with Crippen molar-refractivity contribution in [1.29, 1.82) is 0 Å². The minimum Gasteiger partial charge on any atom is -0.486 e. The molecule has 0 radical (unpaired) electrons. The topological polar surface area (TPSA) is 138 Å². The molecule has 5 aliphatic rings. The van der Waals surface area contributed by atoms with Crippen molar-refractivity contribution in [2.24, 2.45) is 17.8 Å². The lowest BCUT2D eigenvalue weighted by Gasteiger charge is -2.50. The summed E-state index contributed by atoms with van der Waals surface area (Å²) in [5.41, 5.74) is 2.61. The number of piperazine rings is 2. The van der Waals surface area contributed by atoms with E-state index in [0.717, 1.165) is 68.2 Å². The Labute approximate surface area is 336 Å². The Morgan fingerprint density at radius 2 is 1.89 bits per heavy atom. The second kappa shape index (κ2) is 16.8. The van der Waals surface area contributed by atoms with Crippen molar-refractivity contribution >= 4 is 45.4 Å². The van der Waals surface area contributed by atoms with Crippen LogP contribution in [0.2, 0.25) is 5.02 Å². The molecule has 56 heavy (non-hydrogen) atoms. The zero-order chi connectivity index (χ0) is 39.8. The maximum Gasteiger partial charge on any atom is 0.264 e. The van der Waals surface area contributed by atoms with Crippen LogP contribution < -0.4 is 19.7 Å². The number of aryl methyl sites for hydroxylation is 1. The summed E-state index contributed by atoms with van der Waals surface area (Å²) in [5.74, 6) is -0.516. The average molecular weight is 810 g/mol. The van der Waals surface area contributed by atoms with E-state index in [1.165, 1.54) is 0 Å². The average Bonchev–Trinajstić information content (AvgIpc) is 3.20. The van der Waals surface area contributed by atoms with Gasteiger partial charge in [-0.1, -0.05) is 30.7 Å². The number of sulfonamides is 1. The zero-order valence-corrected chi connectivity index (χ0v) is 34.5. The van der Waals surface area contributed by atoms with Gasteiger partial charge in [-0.15, -0.1) is 0 Å². The number of methoxy groups -OCH3 is 1. The molecule has 304 valence electrons. The van der Waals surface area contributed by atoms with E-state index in [4.69, 9.17) is 21.1 Å². The Kier molecular flexibility index (Phi) is 12.2. The Balaban J connectivity index is 1.43. The molecule has 14 heteroatoms. The van der Waals surface area contributed by atoms with Gasteiger partial charge in [0.1, 0.15) is 18.0 Å². The molecule has 2 N–H and O–H groups in total.